The smallest absolute Gasteiger partial charge is 0.401 e. The van der Waals surface area contributed by atoms with Crippen LogP contribution in [0.15, 0.2) is 57.9 Å². The fourth-order valence-electron chi connectivity index (χ4n) is 2.23. The molecule has 1 aliphatic heterocycles. The van der Waals surface area contributed by atoms with Crippen LogP contribution < -0.4 is 0 Å². The molecule has 7 nitrogen and oxygen atoms in total. The molecule has 0 aliphatic carbocycles. The van der Waals surface area contributed by atoms with E-state index in [1.165, 1.54) is 30.4 Å². The third kappa shape index (κ3) is 4.04. The molecular formula is C17H11ClN2O5S. The molecular weight excluding hydrogens is 380 g/mol. The molecule has 2 aromatic rings. The maximum atomic E-state index is 12.4. The largest absolute Gasteiger partial charge is 0.433 e. The van der Waals surface area contributed by atoms with Crippen LogP contribution in [0.1, 0.15) is 11.3 Å². The fraction of sp³-hybridized carbons (Fsp3) is 0.0588. The lowest BCUT2D eigenvalue weighted by Gasteiger charge is -2.12. The molecule has 0 bridgehead atoms. The highest BCUT2D eigenvalue weighted by atomic mass is 35.5. The Balaban J connectivity index is 1.70. The predicted octanol–water partition coefficient (Wildman–Crippen LogP) is 4.63. The Hall–Kier alpha value is -2.84. The van der Waals surface area contributed by atoms with Crippen LogP contribution in [0.25, 0.3) is 6.08 Å². The van der Waals surface area contributed by atoms with Crippen LogP contribution in [-0.4, -0.2) is 21.0 Å². The van der Waals surface area contributed by atoms with Gasteiger partial charge in [-0.1, -0.05) is 29.8 Å². The molecule has 1 fully saturated rings. The van der Waals surface area contributed by atoms with Crippen molar-refractivity contribution in [1.29, 1.82) is 0 Å². The van der Waals surface area contributed by atoms with E-state index < -0.39 is 10.8 Å². The molecule has 0 unspecified atom stereocenters. The van der Waals surface area contributed by atoms with Crippen molar-refractivity contribution in [3.05, 3.63) is 79.9 Å². The normalized spacial score (nSPS) is 16.2. The molecule has 3 rings (SSSR count). The summed E-state index contributed by atoms with van der Waals surface area (Å²) < 4.78 is 4.97. The maximum Gasteiger partial charge on any atom is 0.433 e. The van der Waals surface area contributed by atoms with E-state index in [2.05, 4.69) is 0 Å². The second-order valence-electron chi connectivity index (χ2n) is 5.21. The molecule has 0 N–H and O–H groups in total. The highest BCUT2D eigenvalue weighted by molar-refractivity contribution is 8.18. The minimum Gasteiger partial charge on any atom is -0.401 e. The van der Waals surface area contributed by atoms with Gasteiger partial charge in [0.25, 0.3) is 11.1 Å². The topological polar surface area (TPSA) is 93.7 Å². The zero-order chi connectivity index (χ0) is 18.7. The first kappa shape index (κ1) is 18.0. The zero-order valence-electron chi connectivity index (χ0n) is 13.1. The van der Waals surface area contributed by atoms with Gasteiger partial charge in [-0.3, -0.25) is 24.6 Å². The van der Waals surface area contributed by atoms with Gasteiger partial charge in [-0.15, -0.1) is 0 Å². The number of benzene rings is 1. The average molecular weight is 391 g/mol. The molecule has 1 aromatic heterocycles. The van der Waals surface area contributed by atoms with E-state index in [4.69, 9.17) is 16.0 Å². The lowest BCUT2D eigenvalue weighted by molar-refractivity contribution is -0.402. The average Bonchev–Trinajstić information content (AvgIpc) is 3.16. The summed E-state index contributed by atoms with van der Waals surface area (Å²) in [5.74, 6) is -0.507. The van der Waals surface area contributed by atoms with Crippen molar-refractivity contribution in [3.8, 4) is 0 Å². The van der Waals surface area contributed by atoms with Crippen molar-refractivity contribution in [1.82, 2.24) is 4.90 Å². The van der Waals surface area contributed by atoms with E-state index in [1.54, 1.807) is 24.3 Å². The zero-order valence-corrected chi connectivity index (χ0v) is 14.7. The van der Waals surface area contributed by atoms with Crippen LogP contribution in [0.5, 0.6) is 0 Å². The summed E-state index contributed by atoms with van der Waals surface area (Å²) in [7, 11) is 0. The van der Waals surface area contributed by atoms with Gasteiger partial charge in [0.15, 0.2) is 0 Å². The van der Waals surface area contributed by atoms with Gasteiger partial charge >= 0.3 is 5.88 Å². The number of thioether (sulfide) groups is 1. The SMILES string of the molecule is O=C1S/C(=C\C=C\c2ccc([N+](=O)[O-])o2)C(=O)N1Cc1cccc(Cl)c1. The quantitative estimate of drug-likeness (QED) is 0.419. The van der Waals surface area contributed by atoms with Crippen molar-refractivity contribution in [3.63, 3.8) is 0 Å². The molecule has 1 saturated heterocycles. The predicted molar refractivity (Wildman–Crippen MR) is 97.5 cm³/mol. The van der Waals surface area contributed by atoms with Crippen LogP contribution in [-0.2, 0) is 11.3 Å². The second-order valence-corrected chi connectivity index (χ2v) is 6.64. The molecule has 0 radical (unpaired) electrons. The van der Waals surface area contributed by atoms with E-state index in [9.17, 15) is 19.7 Å². The molecule has 2 amide bonds. The lowest BCUT2D eigenvalue weighted by Crippen LogP contribution is -2.27. The first-order chi connectivity index (χ1) is 12.4. The number of furan rings is 1. The summed E-state index contributed by atoms with van der Waals surface area (Å²) in [4.78, 5) is 35.8. The highest BCUT2D eigenvalue weighted by Crippen LogP contribution is 2.32. The Morgan fingerprint density at radius 2 is 2.08 bits per heavy atom. The number of carbonyl (C=O) groups excluding carboxylic acids is 2. The number of hydrogen-bond donors (Lipinski definition) is 0. The van der Waals surface area contributed by atoms with Crippen LogP contribution in [0.2, 0.25) is 5.02 Å². The molecule has 9 heteroatoms. The van der Waals surface area contributed by atoms with E-state index in [-0.39, 0.29) is 28.3 Å². The first-order valence-corrected chi connectivity index (χ1v) is 8.54. The summed E-state index contributed by atoms with van der Waals surface area (Å²) >= 11 is 6.74. The van der Waals surface area contributed by atoms with Gasteiger partial charge in [0.2, 0.25) is 0 Å². The standard InChI is InChI=1S/C17H11ClN2O5S/c18-12-4-1-3-11(9-12)10-19-16(21)14(26-17(19)22)6-2-5-13-7-8-15(25-13)20(23)24/h1-9H,10H2/b5-2+,14-6-. The number of allylic oxidation sites excluding steroid dienone is 2. The van der Waals surface area contributed by atoms with Crippen LogP contribution >= 0.6 is 23.4 Å². The highest BCUT2D eigenvalue weighted by Gasteiger charge is 2.34. The number of nitro groups is 1. The van der Waals surface area contributed by atoms with Gasteiger partial charge in [-0.25, -0.2) is 0 Å². The van der Waals surface area contributed by atoms with Gasteiger partial charge in [0, 0.05) is 5.02 Å². The van der Waals surface area contributed by atoms with Gasteiger partial charge < -0.3 is 4.42 Å². The summed E-state index contributed by atoms with van der Waals surface area (Å²) in [6, 6.07) is 9.60. The van der Waals surface area contributed by atoms with Gasteiger partial charge in [0.1, 0.15) is 10.7 Å². The number of nitrogens with zero attached hydrogens (tertiary/aromatic N) is 2. The van der Waals surface area contributed by atoms with Crippen molar-refractivity contribution in [2.24, 2.45) is 0 Å². The first-order valence-electron chi connectivity index (χ1n) is 7.35. The monoisotopic (exact) mass is 390 g/mol. The minimum atomic E-state index is -0.640. The van der Waals surface area contributed by atoms with E-state index >= 15 is 0 Å². The van der Waals surface area contributed by atoms with Gasteiger partial charge in [-0.05, 0) is 47.7 Å². The Labute approximate surface area is 157 Å². The Kier molecular flexibility index (Phi) is 5.24. The molecule has 1 aromatic carbocycles. The Morgan fingerprint density at radius 1 is 1.27 bits per heavy atom. The summed E-state index contributed by atoms with van der Waals surface area (Å²) in [6.45, 7) is 0.136. The molecule has 132 valence electrons. The fourth-order valence-corrected chi connectivity index (χ4v) is 3.23. The van der Waals surface area contributed by atoms with Crippen LogP contribution in [0.4, 0.5) is 10.7 Å². The number of halogens is 1. The molecule has 26 heavy (non-hydrogen) atoms. The van der Waals surface area contributed by atoms with Gasteiger partial charge in [0.05, 0.1) is 17.5 Å². The van der Waals surface area contributed by atoms with Crippen LogP contribution in [0.3, 0.4) is 0 Å². The molecule has 1 aliphatic rings. The van der Waals surface area contributed by atoms with Gasteiger partial charge in [-0.2, -0.15) is 0 Å². The van der Waals surface area contributed by atoms with Crippen molar-refractivity contribution in [2.45, 2.75) is 6.54 Å². The molecule has 2 heterocycles. The van der Waals surface area contributed by atoms with Crippen LogP contribution in [0, 0.1) is 10.1 Å². The Morgan fingerprint density at radius 3 is 2.77 bits per heavy atom. The number of carbonyl (C=O) groups is 2. The van der Waals surface area contributed by atoms with E-state index in [0.717, 1.165) is 22.2 Å². The lowest BCUT2D eigenvalue weighted by atomic mass is 10.2. The molecule has 0 saturated carbocycles. The molecule has 0 spiro atoms. The van der Waals surface area contributed by atoms with Crippen molar-refractivity contribution in [2.75, 3.05) is 0 Å². The summed E-state index contributed by atoms with van der Waals surface area (Å²) in [5.41, 5.74) is 0.750. The van der Waals surface area contributed by atoms with Crippen molar-refractivity contribution < 1.29 is 18.9 Å². The number of amides is 2. The molecule has 0 atom stereocenters. The maximum absolute atomic E-state index is 12.4. The number of rotatable bonds is 5. The third-order valence-corrected chi connectivity index (χ3v) is 4.56. The van der Waals surface area contributed by atoms with E-state index in [1.807, 2.05) is 0 Å². The van der Waals surface area contributed by atoms with Crippen molar-refractivity contribution >= 4 is 46.5 Å². The minimum absolute atomic E-state index is 0.136. The summed E-state index contributed by atoms with van der Waals surface area (Å²) in [5, 5.41) is 10.7. The third-order valence-electron chi connectivity index (χ3n) is 3.40. The summed E-state index contributed by atoms with van der Waals surface area (Å²) in [6.07, 6.45) is 4.44. The van der Waals surface area contributed by atoms with E-state index in [0.29, 0.717) is 5.02 Å². The number of imide groups is 1. The second kappa shape index (κ2) is 7.59. The number of hydrogen-bond acceptors (Lipinski definition) is 6. The Bertz CT molecular complexity index is 950.